The highest BCUT2D eigenvalue weighted by Gasteiger charge is 2.31. The number of hydrogen-bond donors (Lipinski definition) is 0. The van der Waals surface area contributed by atoms with Crippen molar-refractivity contribution < 1.29 is 8.78 Å². The minimum atomic E-state index is -2.72. The third-order valence-corrected chi connectivity index (χ3v) is 8.19. The summed E-state index contributed by atoms with van der Waals surface area (Å²) in [5.41, 5.74) is 2.16. The summed E-state index contributed by atoms with van der Waals surface area (Å²) in [6.45, 7) is 6.28. The number of hydrogen-bond acceptors (Lipinski definition) is 2. The molecule has 0 aliphatic carbocycles. The Hall–Kier alpha value is -1.15. The molecule has 0 saturated heterocycles. The fourth-order valence-electron chi connectivity index (χ4n) is 2.34. The van der Waals surface area contributed by atoms with E-state index in [1.165, 1.54) is 0 Å². The van der Waals surface area contributed by atoms with Crippen LogP contribution in [0.3, 0.4) is 0 Å². The first-order valence-electron chi connectivity index (χ1n) is 7.23. The third-order valence-electron chi connectivity index (χ3n) is 2.97. The van der Waals surface area contributed by atoms with Gasteiger partial charge in [0.25, 0.3) is 0 Å². The molecule has 0 aliphatic heterocycles. The first-order chi connectivity index (χ1) is 9.86. The lowest BCUT2D eigenvalue weighted by Gasteiger charge is -2.27. The Kier molecular flexibility index (Phi) is 5.21. The van der Waals surface area contributed by atoms with Crippen LogP contribution in [0, 0.1) is 0 Å². The second-order valence-electron chi connectivity index (χ2n) is 6.31. The lowest BCUT2D eigenvalue weighted by Crippen LogP contribution is -2.24. The van der Waals surface area contributed by atoms with E-state index in [4.69, 9.17) is 4.21 Å². The Morgan fingerprint density at radius 2 is 1.19 bits per heavy atom. The van der Waals surface area contributed by atoms with Crippen molar-refractivity contribution in [2.75, 3.05) is 0 Å². The van der Waals surface area contributed by atoms with E-state index in [1.807, 2.05) is 60.7 Å². The van der Waals surface area contributed by atoms with Crippen molar-refractivity contribution in [3.8, 4) is 0 Å². The Balaban J connectivity index is 2.24. The zero-order chi connectivity index (χ0) is 15.3. The van der Waals surface area contributed by atoms with E-state index in [0.29, 0.717) is 12.3 Å². The van der Waals surface area contributed by atoms with Crippen LogP contribution < -0.4 is 0 Å². The van der Waals surface area contributed by atoms with E-state index < -0.39 is 15.7 Å². The molecule has 2 nitrogen and oxygen atoms in total. The van der Waals surface area contributed by atoms with E-state index in [1.54, 1.807) is 0 Å². The standard InChI is InChI=1S/C17H23O2PSi/c1-21(2,3)19-20(18,14-16-10-6-4-7-11-16)15-17-12-8-5-9-13-17/h4-13H,14-15H2,1-3H3. The molecule has 0 bridgehead atoms. The maximum absolute atomic E-state index is 13.4. The van der Waals surface area contributed by atoms with E-state index in [0.717, 1.165) is 11.1 Å². The van der Waals surface area contributed by atoms with Crippen molar-refractivity contribution in [1.29, 1.82) is 0 Å². The van der Waals surface area contributed by atoms with Crippen LogP contribution in [0.2, 0.25) is 19.6 Å². The predicted octanol–water partition coefficient (Wildman–Crippen LogP) is 5.52. The molecule has 0 amide bonds. The zero-order valence-electron chi connectivity index (χ0n) is 13.0. The molecular formula is C17H23O2PSi. The number of benzene rings is 2. The summed E-state index contributed by atoms with van der Waals surface area (Å²) in [5.74, 6) is 0. The van der Waals surface area contributed by atoms with Crippen LogP contribution in [0.4, 0.5) is 0 Å². The smallest absolute Gasteiger partial charge is 0.202 e. The van der Waals surface area contributed by atoms with E-state index in [2.05, 4.69) is 19.6 Å². The van der Waals surface area contributed by atoms with Crippen LogP contribution >= 0.6 is 7.37 Å². The van der Waals surface area contributed by atoms with Crippen molar-refractivity contribution in [2.45, 2.75) is 32.0 Å². The van der Waals surface area contributed by atoms with Crippen LogP contribution in [0.15, 0.2) is 60.7 Å². The highest BCUT2D eigenvalue weighted by atomic mass is 31.2. The van der Waals surface area contributed by atoms with Crippen LogP contribution in [0.5, 0.6) is 0 Å². The van der Waals surface area contributed by atoms with Gasteiger partial charge in [0, 0.05) is 12.3 Å². The van der Waals surface area contributed by atoms with Crippen molar-refractivity contribution in [1.82, 2.24) is 0 Å². The molecule has 0 heterocycles. The van der Waals surface area contributed by atoms with Gasteiger partial charge in [0.15, 0.2) is 8.32 Å². The molecule has 0 fully saturated rings. The summed E-state index contributed by atoms with van der Waals surface area (Å²) in [4.78, 5) is 0. The first-order valence-corrected chi connectivity index (χ1v) is 12.6. The molecule has 0 aromatic heterocycles. The maximum atomic E-state index is 13.4. The fourth-order valence-corrected chi connectivity index (χ4v) is 8.50. The average molecular weight is 318 g/mol. The van der Waals surface area contributed by atoms with Crippen LogP contribution in [-0.4, -0.2) is 8.32 Å². The molecule has 0 saturated carbocycles. The maximum Gasteiger partial charge on any atom is 0.202 e. The second-order valence-corrected chi connectivity index (χ2v) is 13.5. The van der Waals surface area contributed by atoms with Crippen LogP contribution in [0.25, 0.3) is 0 Å². The normalized spacial score (nSPS) is 12.3. The molecule has 2 aromatic carbocycles. The molecule has 112 valence electrons. The molecule has 2 rings (SSSR count). The van der Waals surface area contributed by atoms with Crippen molar-refractivity contribution in [2.24, 2.45) is 0 Å². The Morgan fingerprint density at radius 1 is 0.810 bits per heavy atom. The van der Waals surface area contributed by atoms with Crippen molar-refractivity contribution in [3.05, 3.63) is 71.8 Å². The molecule has 0 spiro atoms. The summed E-state index contributed by atoms with van der Waals surface area (Å²) in [6, 6.07) is 20.0. The molecule has 4 heteroatoms. The van der Waals surface area contributed by atoms with Gasteiger partial charge in [-0.3, -0.25) is 4.57 Å². The van der Waals surface area contributed by atoms with E-state index in [9.17, 15) is 4.57 Å². The van der Waals surface area contributed by atoms with Crippen LogP contribution in [0.1, 0.15) is 11.1 Å². The average Bonchev–Trinajstić information content (AvgIpc) is 2.38. The van der Waals surface area contributed by atoms with Gasteiger partial charge in [-0.05, 0) is 30.8 Å². The van der Waals surface area contributed by atoms with Crippen LogP contribution in [-0.2, 0) is 21.1 Å². The molecule has 0 unspecified atom stereocenters. The van der Waals surface area contributed by atoms with Gasteiger partial charge in [0.2, 0.25) is 7.37 Å². The largest absolute Gasteiger partial charge is 0.370 e. The Morgan fingerprint density at radius 3 is 1.52 bits per heavy atom. The third kappa shape index (κ3) is 5.62. The van der Waals surface area contributed by atoms with Gasteiger partial charge in [0.1, 0.15) is 0 Å². The molecule has 0 N–H and O–H groups in total. The summed E-state index contributed by atoms with van der Waals surface area (Å²) in [7, 11) is -4.59. The molecular weight excluding hydrogens is 295 g/mol. The molecule has 0 aliphatic rings. The minimum Gasteiger partial charge on any atom is -0.370 e. The SMILES string of the molecule is C[Si](C)(C)OP(=O)(Cc1ccccc1)Cc1ccccc1. The zero-order valence-corrected chi connectivity index (χ0v) is 14.8. The monoisotopic (exact) mass is 318 g/mol. The summed E-state index contributed by atoms with van der Waals surface area (Å²) >= 11 is 0. The van der Waals surface area contributed by atoms with E-state index >= 15 is 0 Å². The van der Waals surface area contributed by atoms with Gasteiger partial charge in [-0.1, -0.05) is 60.7 Å². The van der Waals surface area contributed by atoms with Gasteiger partial charge in [-0.25, -0.2) is 0 Å². The molecule has 0 atom stereocenters. The lowest BCUT2D eigenvalue weighted by molar-refractivity contribution is 0.478. The summed E-state index contributed by atoms with van der Waals surface area (Å²) < 4.78 is 19.5. The highest BCUT2D eigenvalue weighted by molar-refractivity contribution is 7.58. The van der Waals surface area contributed by atoms with Gasteiger partial charge in [-0.15, -0.1) is 0 Å². The second kappa shape index (κ2) is 6.74. The van der Waals surface area contributed by atoms with Crippen molar-refractivity contribution in [3.63, 3.8) is 0 Å². The minimum absolute atomic E-state index is 0.507. The van der Waals surface area contributed by atoms with Gasteiger partial charge >= 0.3 is 0 Å². The number of rotatable bonds is 6. The molecule has 21 heavy (non-hydrogen) atoms. The predicted molar refractivity (Wildman–Crippen MR) is 92.3 cm³/mol. The van der Waals surface area contributed by atoms with Gasteiger partial charge in [-0.2, -0.15) is 0 Å². The van der Waals surface area contributed by atoms with E-state index in [-0.39, 0.29) is 0 Å². The highest BCUT2D eigenvalue weighted by Crippen LogP contribution is 2.55. The summed E-state index contributed by atoms with van der Waals surface area (Å²) in [6.07, 6.45) is 1.01. The first kappa shape index (κ1) is 16.2. The van der Waals surface area contributed by atoms with Crippen molar-refractivity contribution >= 4 is 15.7 Å². The quantitative estimate of drug-likeness (QED) is 0.518. The molecule has 2 aromatic rings. The lowest BCUT2D eigenvalue weighted by atomic mass is 10.2. The van der Waals surface area contributed by atoms with Gasteiger partial charge < -0.3 is 4.21 Å². The molecule has 0 radical (unpaired) electrons. The van der Waals surface area contributed by atoms with Gasteiger partial charge in [0.05, 0.1) is 0 Å². The topological polar surface area (TPSA) is 26.3 Å². The summed E-state index contributed by atoms with van der Waals surface area (Å²) in [5, 5.41) is 0. The Bertz CT molecular complexity index is 560. The fraction of sp³-hybridized carbons (Fsp3) is 0.294. The Labute approximate surface area is 128 Å².